The van der Waals surface area contributed by atoms with Crippen molar-refractivity contribution in [2.75, 3.05) is 39.6 Å². The molecule has 0 saturated carbocycles. The van der Waals surface area contributed by atoms with Gasteiger partial charge < -0.3 is 42.6 Å². The summed E-state index contributed by atoms with van der Waals surface area (Å²) in [5, 5.41) is 3.57. The highest BCUT2D eigenvalue weighted by molar-refractivity contribution is 5.91. The molecule has 0 aliphatic rings. The van der Waals surface area contributed by atoms with E-state index in [0.717, 1.165) is 51.4 Å². The van der Waals surface area contributed by atoms with Gasteiger partial charge in [0, 0.05) is 23.6 Å². The second kappa shape index (κ2) is 59.1. The summed E-state index contributed by atoms with van der Waals surface area (Å²) in [6.07, 6.45) is 48.5. The molecule has 0 heterocycles. The average molecular weight is 1330 g/mol. The number of nitrogens with zero attached hydrogens (tertiary/aromatic N) is 3. The monoisotopic (exact) mass is 1330 g/mol. The van der Waals surface area contributed by atoms with Crippen LogP contribution in [0.5, 0.6) is 28.7 Å². The Kier molecular flexibility index (Phi) is 51.7. The standard InChI is InChI=1S/C79H127N3O13/c1-5-9-13-17-21-25-29-33-37-41-47-87-72-55-69(56-73(59-72)88-48-42-38-34-30-26-22-18-14-10-6-2)65-94-78(85)61-76(83)92-63-67-52-68(54-71(53-67)91-51-45-46-81-82-80)64-93-77(84)62-79(86)95-66-70-57-74(89-49-43-39-35-31-27-23-19-15-11-7-3)60-75(58-70)90-50-44-40-36-32-28-24-20-16-12-8-4/h52-60H,5-51,61-66H2,1-4H3. The average Bonchev–Trinajstić information content (AvgIpc) is 1.02. The molecule has 0 aliphatic heterocycles. The Balaban J connectivity index is 1.55. The Morgan fingerprint density at radius 3 is 0.716 bits per heavy atom. The number of azide groups is 1. The molecule has 0 unspecified atom stereocenters. The van der Waals surface area contributed by atoms with Crippen molar-refractivity contribution in [3.8, 4) is 28.7 Å². The molecule has 3 aromatic rings. The summed E-state index contributed by atoms with van der Waals surface area (Å²) in [4.78, 5) is 55.3. The zero-order valence-corrected chi connectivity index (χ0v) is 59.8. The second-order valence-corrected chi connectivity index (χ2v) is 25.9. The van der Waals surface area contributed by atoms with Crippen LogP contribution in [0.4, 0.5) is 0 Å². The summed E-state index contributed by atoms with van der Waals surface area (Å²) in [5.41, 5.74) is 11.1. The number of unbranched alkanes of at least 4 members (excludes halogenated alkanes) is 36. The first kappa shape index (κ1) is 83.1. The van der Waals surface area contributed by atoms with E-state index in [1.54, 1.807) is 18.2 Å². The fourth-order valence-corrected chi connectivity index (χ4v) is 11.3. The molecule has 16 nitrogen and oxygen atoms in total. The molecule has 0 aromatic heterocycles. The largest absolute Gasteiger partial charge is 0.494 e. The number of esters is 4. The number of benzene rings is 3. The van der Waals surface area contributed by atoms with Gasteiger partial charge in [-0.2, -0.15) is 0 Å². The minimum absolute atomic E-state index is 0.0896. The molecule has 0 fully saturated rings. The fraction of sp³-hybridized carbons (Fsp3) is 0.722. The normalized spacial score (nSPS) is 11.0. The predicted octanol–water partition coefficient (Wildman–Crippen LogP) is 22.3. The Bertz CT molecular complexity index is 2240. The molecule has 0 bridgehead atoms. The van der Waals surface area contributed by atoms with Crippen LogP contribution in [0.3, 0.4) is 0 Å². The zero-order valence-electron chi connectivity index (χ0n) is 59.8. The molecule has 16 heteroatoms. The Morgan fingerprint density at radius 1 is 0.284 bits per heavy atom. The van der Waals surface area contributed by atoms with E-state index >= 15 is 0 Å². The molecular weight excluding hydrogens is 1200 g/mol. The molecule has 95 heavy (non-hydrogen) atoms. The molecule has 3 aromatic carbocycles. The number of hydrogen-bond acceptors (Lipinski definition) is 14. The van der Waals surface area contributed by atoms with Crippen molar-refractivity contribution in [2.24, 2.45) is 5.11 Å². The van der Waals surface area contributed by atoms with E-state index < -0.39 is 36.7 Å². The lowest BCUT2D eigenvalue weighted by Crippen LogP contribution is -2.15. The van der Waals surface area contributed by atoms with Crippen LogP contribution in [0.15, 0.2) is 59.7 Å². The fourth-order valence-electron chi connectivity index (χ4n) is 11.3. The highest BCUT2D eigenvalue weighted by Gasteiger charge is 2.18. The van der Waals surface area contributed by atoms with Gasteiger partial charge in [0.25, 0.3) is 0 Å². The third-order valence-electron chi connectivity index (χ3n) is 16.9. The molecule has 0 aliphatic carbocycles. The first-order valence-corrected chi connectivity index (χ1v) is 37.8. The molecule has 0 spiro atoms. The van der Waals surface area contributed by atoms with E-state index in [0.29, 0.717) is 83.8 Å². The minimum atomic E-state index is -0.798. The lowest BCUT2D eigenvalue weighted by Gasteiger charge is -2.14. The van der Waals surface area contributed by atoms with Crippen molar-refractivity contribution in [3.63, 3.8) is 0 Å². The second-order valence-electron chi connectivity index (χ2n) is 25.9. The van der Waals surface area contributed by atoms with Crippen molar-refractivity contribution in [2.45, 2.75) is 330 Å². The van der Waals surface area contributed by atoms with Crippen molar-refractivity contribution >= 4 is 23.9 Å². The van der Waals surface area contributed by atoms with Crippen molar-refractivity contribution in [1.29, 1.82) is 0 Å². The number of hydrogen-bond donors (Lipinski definition) is 0. The maximum Gasteiger partial charge on any atom is 0.317 e. The molecule has 0 radical (unpaired) electrons. The van der Waals surface area contributed by atoms with Crippen LogP contribution in [0.1, 0.15) is 326 Å². The lowest BCUT2D eigenvalue weighted by molar-refractivity contribution is -0.157. The molecule has 0 saturated heterocycles. The summed E-state index contributed by atoms with van der Waals surface area (Å²) in [7, 11) is 0. The topological polar surface area (TPSA) is 200 Å². The van der Waals surface area contributed by atoms with Gasteiger partial charge in [0.05, 0.1) is 33.0 Å². The predicted molar refractivity (Wildman–Crippen MR) is 381 cm³/mol. The maximum atomic E-state index is 13.1. The summed E-state index contributed by atoms with van der Waals surface area (Å²) in [6, 6.07) is 16.2. The van der Waals surface area contributed by atoms with Gasteiger partial charge in [-0.05, 0) is 102 Å². The molecule has 0 N–H and O–H groups in total. The number of rotatable bonds is 65. The van der Waals surface area contributed by atoms with E-state index in [2.05, 4.69) is 37.7 Å². The number of ether oxygens (including phenoxy) is 9. The third kappa shape index (κ3) is 47.4. The van der Waals surface area contributed by atoms with Crippen LogP contribution in [-0.2, 0) is 64.6 Å². The maximum absolute atomic E-state index is 13.1. The van der Waals surface area contributed by atoms with Gasteiger partial charge in [-0.1, -0.05) is 264 Å². The smallest absolute Gasteiger partial charge is 0.317 e. The van der Waals surface area contributed by atoms with E-state index in [1.807, 2.05) is 36.4 Å². The third-order valence-corrected chi connectivity index (χ3v) is 16.9. The SMILES string of the molecule is CCCCCCCCCCCCOc1cc(COC(=O)CC(=O)OCc2cc(COC(=O)CC(=O)OCc3cc(OCCCCCCCCCCCC)cc(OCCCCCCCCCCCC)c3)cc(OCCCN=[N+]=[N-])c2)cc(OCCCCCCCCCCCC)c1. The highest BCUT2D eigenvalue weighted by Crippen LogP contribution is 2.28. The van der Waals surface area contributed by atoms with Gasteiger partial charge in [-0.15, -0.1) is 0 Å². The Labute approximate surface area is 574 Å². The van der Waals surface area contributed by atoms with Gasteiger partial charge in [0.2, 0.25) is 0 Å². The van der Waals surface area contributed by atoms with Crippen molar-refractivity contribution < 1.29 is 61.8 Å². The highest BCUT2D eigenvalue weighted by atomic mass is 16.6. The van der Waals surface area contributed by atoms with Gasteiger partial charge in [-0.25, -0.2) is 0 Å². The molecule has 3 rings (SSSR count). The van der Waals surface area contributed by atoms with Crippen molar-refractivity contribution in [1.82, 2.24) is 0 Å². The van der Waals surface area contributed by atoms with Crippen LogP contribution in [0, 0.1) is 0 Å². The molecule has 536 valence electrons. The Hall–Kier alpha value is -6.15. The first-order chi connectivity index (χ1) is 46.6. The number of carbonyl (C=O) groups excluding carboxylic acids is 4. The van der Waals surface area contributed by atoms with Crippen LogP contribution >= 0.6 is 0 Å². The van der Waals surface area contributed by atoms with E-state index in [4.69, 9.17) is 48.2 Å². The molecular formula is C79H127N3O13. The summed E-state index contributed by atoms with van der Waals surface area (Å²) >= 11 is 0. The summed E-state index contributed by atoms with van der Waals surface area (Å²) < 4.78 is 53.1. The summed E-state index contributed by atoms with van der Waals surface area (Å²) in [6.45, 7) is 11.1. The molecule has 0 atom stereocenters. The van der Waals surface area contributed by atoms with Crippen LogP contribution in [-0.4, -0.2) is 63.5 Å². The number of carbonyl (C=O) groups is 4. The van der Waals surface area contributed by atoms with Crippen LogP contribution < -0.4 is 23.7 Å². The van der Waals surface area contributed by atoms with E-state index in [9.17, 15) is 19.2 Å². The van der Waals surface area contributed by atoms with Crippen LogP contribution in [0.25, 0.3) is 10.4 Å². The van der Waals surface area contributed by atoms with E-state index in [1.165, 1.54) is 205 Å². The van der Waals surface area contributed by atoms with Gasteiger partial charge in [0.15, 0.2) is 0 Å². The Morgan fingerprint density at radius 2 is 0.484 bits per heavy atom. The minimum Gasteiger partial charge on any atom is -0.494 e. The first-order valence-electron chi connectivity index (χ1n) is 37.8. The van der Waals surface area contributed by atoms with Crippen molar-refractivity contribution in [3.05, 3.63) is 87.3 Å². The zero-order chi connectivity index (χ0) is 68.1. The lowest BCUT2D eigenvalue weighted by atomic mass is 10.1. The quantitative estimate of drug-likeness (QED) is 0.00984. The van der Waals surface area contributed by atoms with Gasteiger partial charge >= 0.3 is 23.9 Å². The molecule has 0 amide bonds. The van der Waals surface area contributed by atoms with Gasteiger partial charge in [0.1, 0.15) is 68.0 Å². The van der Waals surface area contributed by atoms with Gasteiger partial charge in [-0.3, -0.25) is 19.2 Å². The summed E-state index contributed by atoms with van der Waals surface area (Å²) in [5.74, 6) is -0.142. The van der Waals surface area contributed by atoms with E-state index in [-0.39, 0.29) is 39.6 Å². The van der Waals surface area contributed by atoms with Crippen LogP contribution in [0.2, 0.25) is 0 Å².